The van der Waals surface area contributed by atoms with Crippen LogP contribution in [0, 0.1) is 0 Å². The smallest absolute Gasteiger partial charge is 0.138 e. The van der Waals surface area contributed by atoms with Crippen molar-refractivity contribution in [3.8, 4) is 5.75 Å². The van der Waals surface area contributed by atoms with Crippen molar-refractivity contribution >= 4 is 27.5 Å². The van der Waals surface area contributed by atoms with Gasteiger partial charge in [0.2, 0.25) is 0 Å². The average Bonchev–Trinajstić information content (AvgIpc) is 2.72. The molecule has 0 unspecified atom stereocenters. The van der Waals surface area contributed by atoms with E-state index in [9.17, 15) is 0 Å². The summed E-state index contributed by atoms with van der Waals surface area (Å²) in [5.74, 6) is 0.646. The van der Waals surface area contributed by atoms with Crippen molar-refractivity contribution in [2.75, 3.05) is 0 Å². The molecule has 0 radical (unpaired) electrons. The number of nitrogens with two attached hydrogens (primary N) is 1. The van der Waals surface area contributed by atoms with Gasteiger partial charge < -0.3 is 10.5 Å². The summed E-state index contributed by atoms with van der Waals surface area (Å²) < 4.78 is 8.64. The largest absolute Gasteiger partial charge is 0.486 e. The van der Waals surface area contributed by atoms with Gasteiger partial charge in [-0.05, 0) is 47.0 Å². The highest BCUT2D eigenvalue weighted by atomic mass is 79.9. The molecule has 2 rings (SSSR count). The highest BCUT2D eigenvalue weighted by Crippen LogP contribution is 2.29. The molecule has 0 spiro atoms. The lowest BCUT2D eigenvalue weighted by molar-refractivity contribution is 0.294. The van der Waals surface area contributed by atoms with Gasteiger partial charge in [-0.25, -0.2) is 0 Å². The van der Waals surface area contributed by atoms with Crippen LogP contribution in [0.1, 0.15) is 36.8 Å². The van der Waals surface area contributed by atoms with E-state index in [1.54, 1.807) is 0 Å². The van der Waals surface area contributed by atoms with Gasteiger partial charge in [0.15, 0.2) is 0 Å². The molecule has 0 amide bonds. The fourth-order valence-corrected chi connectivity index (χ4v) is 3.01. The molecule has 0 saturated heterocycles. The molecule has 0 aliphatic heterocycles. The number of nitrogens with zero attached hydrogens (tertiary/aromatic N) is 2. The second-order valence-corrected chi connectivity index (χ2v) is 6.15. The van der Waals surface area contributed by atoms with Crippen LogP contribution < -0.4 is 10.5 Å². The first kappa shape index (κ1) is 16.3. The van der Waals surface area contributed by atoms with Crippen molar-refractivity contribution in [2.45, 2.75) is 32.9 Å². The van der Waals surface area contributed by atoms with Crippen LogP contribution in [0.3, 0.4) is 0 Å². The lowest BCUT2D eigenvalue weighted by Gasteiger charge is -2.11. The second kappa shape index (κ2) is 6.81. The Labute approximate surface area is 138 Å². The third-order valence-corrected chi connectivity index (χ3v) is 4.56. The Morgan fingerprint density at radius 1 is 1.48 bits per heavy atom. The second-order valence-electron chi connectivity index (χ2n) is 4.95. The van der Waals surface area contributed by atoms with E-state index in [4.69, 9.17) is 22.1 Å². The first-order valence-electron chi connectivity index (χ1n) is 6.82. The van der Waals surface area contributed by atoms with Crippen molar-refractivity contribution in [1.82, 2.24) is 9.78 Å². The van der Waals surface area contributed by atoms with Crippen LogP contribution in [0.4, 0.5) is 0 Å². The van der Waals surface area contributed by atoms with Crippen LogP contribution >= 0.6 is 27.5 Å². The van der Waals surface area contributed by atoms with E-state index in [1.165, 1.54) is 0 Å². The zero-order chi connectivity index (χ0) is 15.6. The monoisotopic (exact) mass is 371 g/mol. The summed E-state index contributed by atoms with van der Waals surface area (Å²) in [6.45, 7) is 4.40. The van der Waals surface area contributed by atoms with Crippen LogP contribution in [0.5, 0.6) is 5.75 Å². The maximum atomic E-state index is 6.24. The van der Waals surface area contributed by atoms with Gasteiger partial charge in [-0.1, -0.05) is 24.6 Å². The van der Waals surface area contributed by atoms with Crippen LogP contribution in [0.15, 0.2) is 22.7 Å². The molecule has 6 heteroatoms. The lowest BCUT2D eigenvalue weighted by Crippen LogP contribution is -2.06. The Hall–Kier alpha value is -1.04. The summed E-state index contributed by atoms with van der Waals surface area (Å²) in [4.78, 5) is 0. The minimum absolute atomic E-state index is 0.0464. The Kier molecular flexibility index (Phi) is 5.30. The zero-order valence-electron chi connectivity index (χ0n) is 12.4. The summed E-state index contributed by atoms with van der Waals surface area (Å²) in [6, 6.07) is 5.58. The van der Waals surface area contributed by atoms with Gasteiger partial charge in [-0.3, -0.25) is 4.68 Å². The number of aryl methyl sites for hydroxylation is 2. The summed E-state index contributed by atoms with van der Waals surface area (Å²) in [7, 11) is 1.91. The number of halogens is 2. The topological polar surface area (TPSA) is 53.1 Å². The zero-order valence-corrected chi connectivity index (χ0v) is 14.7. The maximum absolute atomic E-state index is 6.24. The summed E-state index contributed by atoms with van der Waals surface area (Å²) >= 11 is 9.81. The molecular formula is C15H19BrClN3O. The van der Waals surface area contributed by atoms with Gasteiger partial charge in [0.05, 0.1) is 20.9 Å². The van der Waals surface area contributed by atoms with E-state index in [0.717, 1.165) is 27.8 Å². The molecule has 21 heavy (non-hydrogen) atoms. The van der Waals surface area contributed by atoms with Crippen molar-refractivity contribution in [1.29, 1.82) is 0 Å². The van der Waals surface area contributed by atoms with E-state index in [2.05, 4.69) is 28.0 Å². The lowest BCUT2D eigenvalue weighted by atomic mass is 10.1. The first-order valence-corrected chi connectivity index (χ1v) is 7.99. The Bertz CT molecular complexity index is 640. The van der Waals surface area contributed by atoms with Crippen LogP contribution in [0.2, 0.25) is 5.02 Å². The predicted molar refractivity (Wildman–Crippen MR) is 88.7 cm³/mol. The third-order valence-electron chi connectivity index (χ3n) is 3.35. The molecule has 1 atom stereocenters. The number of hydrogen-bond acceptors (Lipinski definition) is 3. The van der Waals surface area contributed by atoms with E-state index >= 15 is 0 Å². The van der Waals surface area contributed by atoms with Gasteiger partial charge in [0.25, 0.3) is 0 Å². The molecule has 0 aliphatic carbocycles. The molecule has 2 N–H and O–H groups in total. The van der Waals surface area contributed by atoms with Gasteiger partial charge in [0.1, 0.15) is 12.4 Å². The van der Waals surface area contributed by atoms with Crippen molar-refractivity contribution in [3.63, 3.8) is 0 Å². The van der Waals surface area contributed by atoms with Gasteiger partial charge in [-0.15, -0.1) is 0 Å². The highest BCUT2D eigenvalue weighted by molar-refractivity contribution is 9.10. The molecule has 1 aromatic carbocycles. The molecule has 0 aliphatic rings. The summed E-state index contributed by atoms with van der Waals surface area (Å²) in [6.07, 6.45) is 0.873. The quantitative estimate of drug-likeness (QED) is 0.863. The number of hydrogen-bond donors (Lipinski definition) is 1. The van der Waals surface area contributed by atoms with Crippen molar-refractivity contribution in [2.24, 2.45) is 12.8 Å². The van der Waals surface area contributed by atoms with Crippen LogP contribution in [-0.2, 0) is 20.1 Å². The third kappa shape index (κ3) is 3.59. The predicted octanol–water partition coefficient (Wildman–Crippen LogP) is 4.00. The Morgan fingerprint density at radius 3 is 2.71 bits per heavy atom. The van der Waals surface area contributed by atoms with E-state index < -0.39 is 0 Å². The molecular weight excluding hydrogens is 354 g/mol. The average molecular weight is 373 g/mol. The molecule has 0 saturated carbocycles. The molecule has 114 valence electrons. The van der Waals surface area contributed by atoms with E-state index in [1.807, 2.05) is 36.9 Å². The summed E-state index contributed by atoms with van der Waals surface area (Å²) in [5, 5.41) is 5.01. The standard InChI is InChI=1S/C15H19BrClN3O/c1-4-12-15(16)13(20(3)19-12)8-21-14-6-5-10(9(2)18)7-11(14)17/h5-7,9H,4,8,18H2,1-3H3/t9-/m0/s1. The number of benzene rings is 1. The first-order chi connectivity index (χ1) is 9.93. The molecule has 1 heterocycles. The number of rotatable bonds is 5. The van der Waals surface area contributed by atoms with Crippen molar-refractivity contribution < 1.29 is 4.74 Å². The fraction of sp³-hybridized carbons (Fsp3) is 0.400. The Morgan fingerprint density at radius 2 is 2.19 bits per heavy atom. The van der Waals surface area contributed by atoms with Crippen molar-refractivity contribution in [3.05, 3.63) is 44.6 Å². The molecule has 4 nitrogen and oxygen atoms in total. The van der Waals surface area contributed by atoms with Gasteiger partial charge in [0, 0.05) is 13.1 Å². The van der Waals surface area contributed by atoms with E-state index in [-0.39, 0.29) is 6.04 Å². The number of aromatic nitrogens is 2. The van der Waals surface area contributed by atoms with Crippen LogP contribution in [-0.4, -0.2) is 9.78 Å². The minimum atomic E-state index is -0.0464. The summed E-state index contributed by atoms with van der Waals surface area (Å²) in [5.41, 5.74) is 8.83. The minimum Gasteiger partial charge on any atom is -0.486 e. The van der Waals surface area contributed by atoms with Gasteiger partial charge in [-0.2, -0.15) is 5.10 Å². The molecule has 2 aromatic rings. The maximum Gasteiger partial charge on any atom is 0.138 e. The number of ether oxygens (including phenoxy) is 1. The normalized spacial score (nSPS) is 12.5. The highest BCUT2D eigenvalue weighted by Gasteiger charge is 2.14. The molecule has 0 bridgehead atoms. The molecule has 0 fully saturated rings. The Balaban J connectivity index is 2.15. The van der Waals surface area contributed by atoms with Gasteiger partial charge >= 0.3 is 0 Å². The van der Waals surface area contributed by atoms with Crippen LogP contribution in [0.25, 0.3) is 0 Å². The SMILES string of the molecule is CCc1nn(C)c(COc2ccc([C@H](C)N)cc2Cl)c1Br. The fourth-order valence-electron chi connectivity index (χ4n) is 2.04. The molecule has 1 aromatic heterocycles. The van der Waals surface area contributed by atoms with E-state index in [0.29, 0.717) is 17.4 Å².